The van der Waals surface area contributed by atoms with Gasteiger partial charge < -0.3 is 0 Å². The van der Waals surface area contributed by atoms with E-state index in [2.05, 4.69) is 5.43 Å². The van der Waals surface area contributed by atoms with Gasteiger partial charge in [-0.25, -0.2) is 4.39 Å². The van der Waals surface area contributed by atoms with E-state index < -0.39 is 0 Å². The van der Waals surface area contributed by atoms with Crippen LogP contribution in [-0.2, 0) is 0 Å². The van der Waals surface area contributed by atoms with Crippen LogP contribution in [0.3, 0.4) is 0 Å². The maximum absolute atomic E-state index is 14.2. The van der Waals surface area contributed by atoms with Gasteiger partial charge in [0.05, 0.1) is 0 Å². The molecule has 19 heavy (non-hydrogen) atoms. The molecule has 1 fully saturated rings. The van der Waals surface area contributed by atoms with E-state index in [9.17, 15) is 4.39 Å². The molecule has 0 heterocycles. The van der Waals surface area contributed by atoms with E-state index in [1.54, 1.807) is 6.07 Å². The first-order chi connectivity index (χ1) is 9.11. The van der Waals surface area contributed by atoms with Crippen molar-refractivity contribution in [1.82, 2.24) is 5.43 Å². The molecule has 0 bridgehead atoms. The maximum atomic E-state index is 14.2. The largest absolute Gasteiger partial charge is 0.271 e. The number of hydrazine groups is 1. The molecule has 0 aliphatic heterocycles. The Morgan fingerprint density at radius 3 is 2.53 bits per heavy atom. The van der Waals surface area contributed by atoms with Gasteiger partial charge in [0.15, 0.2) is 0 Å². The summed E-state index contributed by atoms with van der Waals surface area (Å²) >= 11 is 0. The molecule has 1 aliphatic rings. The second kappa shape index (κ2) is 6.49. The molecule has 0 saturated heterocycles. The minimum absolute atomic E-state index is 0.0660. The average molecular weight is 264 g/mol. The van der Waals surface area contributed by atoms with Crippen molar-refractivity contribution in [3.63, 3.8) is 0 Å². The Hall–Kier alpha value is -0.930. The van der Waals surface area contributed by atoms with Crippen LogP contribution < -0.4 is 11.3 Å². The zero-order valence-electron chi connectivity index (χ0n) is 12.0. The Bertz CT molecular complexity index is 402. The van der Waals surface area contributed by atoms with E-state index >= 15 is 0 Å². The second-order valence-electron chi connectivity index (χ2n) is 5.94. The quantitative estimate of drug-likeness (QED) is 0.639. The van der Waals surface area contributed by atoms with Crippen LogP contribution in [0, 0.1) is 25.6 Å². The van der Waals surface area contributed by atoms with Gasteiger partial charge in [-0.15, -0.1) is 0 Å². The van der Waals surface area contributed by atoms with Crippen LogP contribution >= 0.6 is 0 Å². The molecule has 1 saturated carbocycles. The first kappa shape index (κ1) is 14.5. The molecule has 2 nitrogen and oxygen atoms in total. The number of nitrogens with one attached hydrogen (secondary N) is 1. The number of nitrogens with two attached hydrogens (primary N) is 1. The summed E-state index contributed by atoms with van der Waals surface area (Å²) in [5, 5.41) is 0. The highest BCUT2D eigenvalue weighted by molar-refractivity contribution is 5.34. The van der Waals surface area contributed by atoms with Crippen molar-refractivity contribution in [2.45, 2.75) is 58.4 Å². The zero-order chi connectivity index (χ0) is 13.8. The van der Waals surface area contributed by atoms with Crippen LogP contribution in [-0.4, -0.2) is 0 Å². The molecule has 3 N–H and O–H groups in total. The molecule has 1 atom stereocenters. The number of hydrogen-bond acceptors (Lipinski definition) is 2. The normalized spacial score (nSPS) is 18.5. The molecule has 0 aromatic heterocycles. The van der Waals surface area contributed by atoms with Crippen molar-refractivity contribution in [1.29, 1.82) is 0 Å². The van der Waals surface area contributed by atoms with Gasteiger partial charge in [-0.2, -0.15) is 0 Å². The smallest absolute Gasteiger partial charge is 0.128 e. The van der Waals surface area contributed by atoms with Crippen LogP contribution in [0.15, 0.2) is 12.1 Å². The number of benzene rings is 1. The predicted octanol–water partition coefficient (Wildman–Crippen LogP) is 3.92. The summed E-state index contributed by atoms with van der Waals surface area (Å²) < 4.78 is 14.2. The van der Waals surface area contributed by atoms with Crippen molar-refractivity contribution < 1.29 is 4.39 Å². The third-order valence-corrected chi connectivity index (χ3v) is 4.32. The van der Waals surface area contributed by atoms with Crippen molar-refractivity contribution in [2.75, 3.05) is 0 Å². The molecule has 0 spiro atoms. The summed E-state index contributed by atoms with van der Waals surface area (Å²) in [6.45, 7) is 3.89. The minimum atomic E-state index is -0.128. The summed E-state index contributed by atoms with van der Waals surface area (Å²) in [6.07, 6.45) is 7.40. The minimum Gasteiger partial charge on any atom is -0.271 e. The molecule has 1 aromatic rings. The highest BCUT2D eigenvalue weighted by atomic mass is 19.1. The lowest BCUT2D eigenvalue weighted by Gasteiger charge is -2.27. The van der Waals surface area contributed by atoms with Crippen LogP contribution in [0.2, 0.25) is 0 Å². The molecule has 0 amide bonds. The highest BCUT2D eigenvalue weighted by Crippen LogP contribution is 2.33. The fraction of sp³-hybridized carbons (Fsp3) is 0.625. The Morgan fingerprint density at radius 2 is 1.95 bits per heavy atom. The SMILES string of the molecule is Cc1cc(C)c(C(CC2CCCCC2)NN)c(F)c1. The van der Waals surface area contributed by atoms with Gasteiger partial charge in [-0.3, -0.25) is 11.3 Å². The summed E-state index contributed by atoms with van der Waals surface area (Å²) in [5.41, 5.74) is 5.54. The molecule has 1 unspecified atom stereocenters. The van der Waals surface area contributed by atoms with E-state index in [-0.39, 0.29) is 11.9 Å². The molecule has 2 rings (SSSR count). The molecule has 106 valence electrons. The van der Waals surface area contributed by atoms with Gasteiger partial charge in [0.25, 0.3) is 0 Å². The first-order valence-electron chi connectivity index (χ1n) is 7.34. The molecular weight excluding hydrogens is 239 g/mol. The Balaban J connectivity index is 2.16. The summed E-state index contributed by atoms with van der Waals surface area (Å²) in [4.78, 5) is 0. The fourth-order valence-electron chi connectivity index (χ4n) is 3.39. The van der Waals surface area contributed by atoms with Gasteiger partial charge in [0.2, 0.25) is 0 Å². The van der Waals surface area contributed by atoms with Crippen LogP contribution in [0.5, 0.6) is 0 Å². The molecule has 1 aliphatic carbocycles. The summed E-state index contributed by atoms with van der Waals surface area (Å²) in [7, 11) is 0. The van der Waals surface area contributed by atoms with E-state index in [4.69, 9.17) is 5.84 Å². The Kier molecular flexibility index (Phi) is 4.94. The lowest BCUT2D eigenvalue weighted by atomic mass is 9.82. The topological polar surface area (TPSA) is 38.0 Å². The summed E-state index contributed by atoms with van der Waals surface area (Å²) in [5.74, 6) is 6.23. The number of halogens is 1. The third-order valence-electron chi connectivity index (χ3n) is 4.32. The molecular formula is C16H25FN2. The Labute approximate surface area is 115 Å². The van der Waals surface area contributed by atoms with E-state index in [1.165, 1.54) is 32.1 Å². The maximum Gasteiger partial charge on any atom is 0.128 e. The number of rotatable bonds is 4. The average Bonchev–Trinajstić information content (AvgIpc) is 2.37. The van der Waals surface area contributed by atoms with Crippen molar-refractivity contribution in [3.8, 4) is 0 Å². The van der Waals surface area contributed by atoms with Crippen LogP contribution in [0.1, 0.15) is 61.3 Å². The highest BCUT2D eigenvalue weighted by Gasteiger charge is 2.23. The summed E-state index contributed by atoms with van der Waals surface area (Å²) in [6, 6.07) is 3.57. The predicted molar refractivity (Wildman–Crippen MR) is 77.1 cm³/mol. The van der Waals surface area contributed by atoms with Gasteiger partial charge in [-0.1, -0.05) is 38.2 Å². The van der Waals surface area contributed by atoms with Crippen LogP contribution in [0.25, 0.3) is 0 Å². The van der Waals surface area contributed by atoms with Gasteiger partial charge in [0.1, 0.15) is 5.82 Å². The van der Waals surface area contributed by atoms with Gasteiger partial charge in [0, 0.05) is 11.6 Å². The number of hydrogen-bond donors (Lipinski definition) is 2. The van der Waals surface area contributed by atoms with Crippen molar-refractivity contribution >= 4 is 0 Å². The molecule has 3 heteroatoms. The number of aryl methyl sites for hydroxylation is 2. The van der Waals surface area contributed by atoms with E-state index in [0.29, 0.717) is 5.92 Å². The van der Waals surface area contributed by atoms with E-state index in [1.807, 2.05) is 19.9 Å². The van der Waals surface area contributed by atoms with E-state index in [0.717, 1.165) is 23.1 Å². The zero-order valence-corrected chi connectivity index (χ0v) is 12.0. The Morgan fingerprint density at radius 1 is 1.26 bits per heavy atom. The lowest BCUT2D eigenvalue weighted by molar-refractivity contribution is 0.297. The monoisotopic (exact) mass is 264 g/mol. The van der Waals surface area contributed by atoms with Gasteiger partial charge >= 0.3 is 0 Å². The third kappa shape index (κ3) is 3.54. The van der Waals surface area contributed by atoms with Gasteiger partial charge in [-0.05, 0) is 43.4 Å². The molecule has 0 radical (unpaired) electrons. The lowest BCUT2D eigenvalue weighted by Crippen LogP contribution is -2.31. The van der Waals surface area contributed by atoms with Crippen molar-refractivity contribution in [2.24, 2.45) is 11.8 Å². The van der Waals surface area contributed by atoms with Crippen molar-refractivity contribution in [3.05, 3.63) is 34.6 Å². The van der Waals surface area contributed by atoms with Crippen LogP contribution in [0.4, 0.5) is 4.39 Å². The molecule has 1 aromatic carbocycles. The second-order valence-corrected chi connectivity index (χ2v) is 5.94. The standard InChI is InChI=1S/C16H25FN2/c1-11-8-12(2)16(14(17)9-11)15(19-18)10-13-6-4-3-5-7-13/h8-9,13,15,19H,3-7,10,18H2,1-2H3. The fourth-order valence-corrected chi connectivity index (χ4v) is 3.39. The first-order valence-corrected chi connectivity index (χ1v) is 7.34.